The molecule has 15 heavy (non-hydrogen) atoms. The van der Waals surface area contributed by atoms with Crippen molar-refractivity contribution in [2.75, 3.05) is 20.1 Å². The lowest BCUT2D eigenvalue weighted by Crippen LogP contribution is -2.32. The molecule has 2 nitrogen and oxygen atoms in total. The second-order valence-electron chi connectivity index (χ2n) is 4.47. The zero-order valence-electron chi connectivity index (χ0n) is 9.36. The van der Waals surface area contributed by atoms with E-state index >= 15 is 0 Å². The first-order chi connectivity index (χ1) is 7.33. The summed E-state index contributed by atoms with van der Waals surface area (Å²) in [5.41, 5.74) is 7.37. The van der Waals surface area contributed by atoms with Gasteiger partial charge in [0, 0.05) is 6.04 Å². The standard InChI is InChI=1S/C12H20N2S/c1-14-6-3-2-4-10(8-13)12(14)11-5-7-15-9-11/h5,7,9-10,12H,2-4,6,8,13H2,1H3. The fraction of sp³-hybridized carbons (Fsp3) is 0.667. The Morgan fingerprint density at radius 2 is 2.40 bits per heavy atom. The van der Waals surface area contributed by atoms with Crippen molar-refractivity contribution in [3.05, 3.63) is 22.4 Å². The summed E-state index contributed by atoms with van der Waals surface area (Å²) in [6.07, 6.45) is 3.92. The van der Waals surface area contributed by atoms with Crippen molar-refractivity contribution in [1.82, 2.24) is 4.90 Å². The van der Waals surface area contributed by atoms with Crippen molar-refractivity contribution >= 4 is 11.3 Å². The van der Waals surface area contributed by atoms with Gasteiger partial charge in [-0.2, -0.15) is 11.3 Å². The van der Waals surface area contributed by atoms with E-state index in [1.807, 2.05) is 0 Å². The Kier molecular flexibility index (Phi) is 3.78. The van der Waals surface area contributed by atoms with Crippen LogP contribution >= 0.6 is 11.3 Å². The summed E-state index contributed by atoms with van der Waals surface area (Å²) in [4.78, 5) is 2.48. The monoisotopic (exact) mass is 224 g/mol. The van der Waals surface area contributed by atoms with Crippen molar-refractivity contribution in [3.63, 3.8) is 0 Å². The van der Waals surface area contributed by atoms with Crippen molar-refractivity contribution in [3.8, 4) is 0 Å². The first-order valence-corrected chi connectivity index (χ1v) is 6.69. The summed E-state index contributed by atoms with van der Waals surface area (Å²) >= 11 is 1.79. The zero-order chi connectivity index (χ0) is 10.7. The van der Waals surface area contributed by atoms with Crippen LogP contribution in [0.5, 0.6) is 0 Å². The van der Waals surface area contributed by atoms with E-state index in [0.717, 1.165) is 6.54 Å². The predicted octanol–water partition coefficient (Wildman–Crippen LogP) is 2.48. The summed E-state index contributed by atoms with van der Waals surface area (Å²) in [7, 11) is 2.23. The Hall–Kier alpha value is -0.380. The number of hydrogen-bond donors (Lipinski definition) is 1. The van der Waals surface area contributed by atoms with E-state index in [2.05, 4.69) is 28.8 Å². The normalized spacial score (nSPS) is 28.9. The molecule has 2 atom stereocenters. The molecule has 2 N–H and O–H groups in total. The molecular weight excluding hydrogens is 204 g/mol. The van der Waals surface area contributed by atoms with Gasteiger partial charge in [0.1, 0.15) is 0 Å². The highest BCUT2D eigenvalue weighted by molar-refractivity contribution is 7.07. The number of thiophene rings is 1. The molecule has 1 fully saturated rings. The Morgan fingerprint density at radius 3 is 3.07 bits per heavy atom. The molecule has 1 saturated heterocycles. The van der Waals surface area contributed by atoms with E-state index in [-0.39, 0.29) is 0 Å². The first kappa shape index (κ1) is 11.1. The summed E-state index contributed by atoms with van der Waals surface area (Å²) in [6.45, 7) is 2.02. The maximum atomic E-state index is 5.91. The van der Waals surface area contributed by atoms with Crippen LogP contribution in [0, 0.1) is 5.92 Å². The third-order valence-electron chi connectivity index (χ3n) is 3.44. The SMILES string of the molecule is CN1CCCCC(CN)C1c1ccsc1. The Labute approximate surface area is 96.1 Å². The van der Waals surface area contributed by atoms with Gasteiger partial charge in [0.25, 0.3) is 0 Å². The number of hydrogen-bond acceptors (Lipinski definition) is 3. The maximum Gasteiger partial charge on any atom is 0.0393 e. The molecule has 2 rings (SSSR count). The first-order valence-electron chi connectivity index (χ1n) is 5.75. The number of nitrogens with zero attached hydrogens (tertiary/aromatic N) is 1. The minimum Gasteiger partial charge on any atom is -0.330 e. The second kappa shape index (κ2) is 5.10. The molecule has 1 aromatic heterocycles. The molecule has 0 bridgehead atoms. The van der Waals surface area contributed by atoms with E-state index in [1.165, 1.54) is 31.4 Å². The van der Waals surface area contributed by atoms with Gasteiger partial charge < -0.3 is 5.73 Å². The van der Waals surface area contributed by atoms with Crippen LogP contribution in [0.15, 0.2) is 16.8 Å². The van der Waals surface area contributed by atoms with Gasteiger partial charge in [-0.25, -0.2) is 0 Å². The quantitative estimate of drug-likeness (QED) is 0.836. The number of likely N-dealkylation sites (tertiary alicyclic amines) is 1. The van der Waals surface area contributed by atoms with Crippen LogP contribution in [0.2, 0.25) is 0 Å². The molecule has 1 aliphatic heterocycles. The lowest BCUT2D eigenvalue weighted by molar-refractivity contribution is 0.196. The fourth-order valence-electron chi connectivity index (χ4n) is 2.64. The smallest absolute Gasteiger partial charge is 0.0393 e. The molecule has 0 saturated carbocycles. The highest BCUT2D eigenvalue weighted by Gasteiger charge is 2.27. The van der Waals surface area contributed by atoms with Gasteiger partial charge in [0.15, 0.2) is 0 Å². The molecule has 1 aliphatic rings. The van der Waals surface area contributed by atoms with E-state index in [9.17, 15) is 0 Å². The van der Waals surface area contributed by atoms with Crippen molar-refractivity contribution < 1.29 is 0 Å². The van der Waals surface area contributed by atoms with Crippen LogP contribution < -0.4 is 5.73 Å². The highest BCUT2D eigenvalue weighted by atomic mass is 32.1. The summed E-state index contributed by atoms with van der Waals surface area (Å²) in [6, 6.07) is 2.79. The van der Waals surface area contributed by atoms with Gasteiger partial charge in [-0.1, -0.05) is 6.42 Å². The lowest BCUT2D eigenvalue weighted by Gasteiger charge is -2.31. The zero-order valence-corrected chi connectivity index (χ0v) is 10.2. The Bertz CT molecular complexity index is 284. The van der Waals surface area contributed by atoms with Crippen molar-refractivity contribution in [1.29, 1.82) is 0 Å². The summed E-state index contributed by atoms with van der Waals surface area (Å²) < 4.78 is 0. The average molecular weight is 224 g/mol. The average Bonchev–Trinajstić information content (AvgIpc) is 2.69. The molecule has 0 amide bonds. The molecule has 0 aromatic carbocycles. The molecule has 2 heterocycles. The van der Waals surface area contributed by atoms with Crippen LogP contribution in [0.4, 0.5) is 0 Å². The van der Waals surface area contributed by atoms with Crippen LogP contribution in [0.25, 0.3) is 0 Å². The van der Waals surface area contributed by atoms with Gasteiger partial charge in [-0.3, -0.25) is 4.90 Å². The van der Waals surface area contributed by atoms with E-state index in [4.69, 9.17) is 5.73 Å². The maximum absolute atomic E-state index is 5.91. The molecule has 0 radical (unpaired) electrons. The summed E-state index contributed by atoms with van der Waals surface area (Å²) in [5.74, 6) is 0.632. The highest BCUT2D eigenvalue weighted by Crippen LogP contribution is 2.34. The van der Waals surface area contributed by atoms with E-state index < -0.39 is 0 Å². The molecule has 84 valence electrons. The predicted molar refractivity (Wildman–Crippen MR) is 66.1 cm³/mol. The van der Waals surface area contributed by atoms with Gasteiger partial charge >= 0.3 is 0 Å². The van der Waals surface area contributed by atoms with E-state index in [1.54, 1.807) is 11.3 Å². The van der Waals surface area contributed by atoms with Crippen LogP contribution in [0.1, 0.15) is 30.9 Å². The molecule has 0 spiro atoms. The largest absolute Gasteiger partial charge is 0.330 e. The van der Waals surface area contributed by atoms with Crippen LogP contribution in [-0.4, -0.2) is 25.0 Å². The van der Waals surface area contributed by atoms with E-state index in [0.29, 0.717) is 12.0 Å². The third kappa shape index (κ3) is 2.41. The van der Waals surface area contributed by atoms with Gasteiger partial charge in [-0.15, -0.1) is 0 Å². The molecule has 2 unspecified atom stereocenters. The van der Waals surface area contributed by atoms with Crippen LogP contribution in [0.3, 0.4) is 0 Å². The van der Waals surface area contributed by atoms with Gasteiger partial charge in [0.2, 0.25) is 0 Å². The summed E-state index contributed by atoms with van der Waals surface area (Å²) in [5, 5.41) is 4.44. The minimum atomic E-state index is 0.545. The van der Waals surface area contributed by atoms with Crippen molar-refractivity contribution in [2.45, 2.75) is 25.3 Å². The third-order valence-corrected chi connectivity index (χ3v) is 4.15. The molecule has 0 aliphatic carbocycles. The Morgan fingerprint density at radius 1 is 1.53 bits per heavy atom. The number of rotatable bonds is 2. The topological polar surface area (TPSA) is 29.3 Å². The lowest BCUT2D eigenvalue weighted by atomic mass is 9.91. The fourth-order valence-corrected chi connectivity index (χ4v) is 3.33. The minimum absolute atomic E-state index is 0.545. The molecular formula is C12H20N2S. The van der Waals surface area contributed by atoms with Crippen LogP contribution in [-0.2, 0) is 0 Å². The Balaban J connectivity index is 2.22. The second-order valence-corrected chi connectivity index (χ2v) is 5.25. The van der Waals surface area contributed by atoms with Gasteiger partial charge in [-0.05, 0) is 61.3 Å². The number of nitrogens with two attached hydrogens (primary N) is 1. The molecule has 3 heteroatoms. The van der Waals surface area contributed by atoms with Gasteiger partial charge in [0.05, 0.1) is 0 Å². The van der Waals surface area contributed by atoms with Crippen molar-refractivity contribution in [2.24, 2.45) is 11.7 Å². The molecule has 1 aromatic rings.